The molecule has 19 heavy (non-hydrogen) atoms. The number of rotatable bonds is 2. The third kappa shape index (κ3) is 1.87. The predicted octanol–water partition coefficient (Wildman–Crippen LogP) is 2.15. The number of phenolic OH excluding ortho intramolecular Hbond substituents is 1. The molecule has 0 aliphatic carbocycles. The molecule has 0 fully saturated rings. The van der Waals surface area contributed by atoms with Crippen LogP contribution in [0.4, 0.5) is 0 Å². The summed E-state index contributed by atoms with van der Waals surface area (Å²) in [5, 5.41) is 13.6. The number of imidazole rings is 1. The lowest BCUT2D eigenvalue weighted by molar-refractivity contribution is 0.430. The number of nitrogens with zero attached hydrogens (tertiary/aromatic N) is 4. The highest BCUT2D eigenvalue weighted by molar-refractivity contribution is 5.63. The second-order valence-corrected chi connectivity index (χ2v) is 4.23. The zero-order valence-electron chi connectivity index (χ0n) is 10.5. The van der Waals surface area contributed by atoms with Gasteiger partial charge in [0.25, 0.3) is 5.89 Å². The van der Waals surface area contributed by atoms with E-state index < -0.39 is 0 Å². The van der Waals surface area contributed by atoms with Crippen molar-refractivity contribution in [2.45, 2.75) is 6.92 Å². The molecule has 0 atom stereocenters. The number of aromatic hydroxyl groups is 1. The molecule has 0 spiro atoms. The molecule has 1 N–H and O–H groups in total. The lowest BCUT2D eigenvalue weighted by atomic mass is 10.1. The molecule has 6 nitrogen and oxygen atoms in total. The van der Waals surface area contributed by atoms with Crippen molar-refractivity contribution in [3.05, 3.63) is 36.2 Å². The Bertz CT molecular complexity index is 730. The molecule has 0 aliphatic rings. The van der Waals surface area contributed by atoms with E-state index >= 15 is 0 Å². The number of hydrogen-bond acceptors (Lipinski definition) is 5. The lowest BCUT2D eigenvalue weighted by Crippen LogP contribution is -1.92. The fourth-order valence-corrected chi connectivity index (χ4v) is 1.86. The summed E-state index contributed by atoms with van der Waals surface area (Å²) in [6.07, 6.45) is 3.48. The summed E-state index contributed by atoms with van der Waals surface area (Å²) in [4.78, 5) is 8.48. The number of aryl methyl sites for hydroxylation is 1. The van der Waals surface area contributed by atoms with Crippen molar-refractivity contribution in [1.82, 2.24) is 19.7 Å². The van der Waals surface area contributed by atoms with E-state index in [4.69, 9.17) is 4.52 Å². The van der Waals surface area contributed by atoms with Gasteiger partial charge in [0, 0.05) is 30.6 Å². The van der Waals surface area contributed by atoms with Crippen LogP contribution in [0.25, 0.3) is 23.1 Å². The van der Waals surface area contributed by atoms with Gasteiger partial charge in [0.2, 0.25) is 5.82 Å². The van der Waals surface area contributed by atoms with E-state index in [2.05, 4.69) is 15.1 Å². The number of hydrogen-bond donors (Lipinski definition) is 1. The van der Waals surface area contributed by atoms with Gasteiger partial charge in [-0.1, -0.05) is 11.2 Å². The van der Waals surface area contributed by atoms with Gasteiger partial charge >= 0.3 is 0 Å². The predicted molar refractivity (Wildman–Crippen MR) is 68.3 cm³/mol. The van der Waals surface area contributed by atoms with Crippen LogP contribution in [-0.2, 0) is 7.05 Å². The quantitative estimate of drug-likeness (QED) is 0.760. The fourth-order valence-electron chi connectivity index (χ4n) is 1.86. The summed E-state index contributed by atoms with van der Waals surface area (Å²) in [5.74, 6) is 1.62. The summed E-state index contributed by atoms with van der Waals surface area (Å²) in [6.45, 7) is 1.80. The Labute approximate surface area is 109 Å². The fraction of sp³-hybridized carbons (Fsp3) is 0.154. The van der Waals surface area contributed by atoms with Gasteiger partial charge in [-0.3, -0.25) is 0 Å². The van der Waals surface area contributed by atoms with Crippen LogP contribution >= 0.6 is 0 Å². The van der Waals surface area contributed by atoms with Crippen LogP contribution < -0.4 is 0 Å². The van der Waals surface area contributed by atoms with E-state index in [0.29, 0.717) is 28.7 Å². The Morgan fingerprint density at radius 2 is 2.16 bits per heavy atom. The van der Waals surface area contributed by atoms with Gasteiger partial charge in [-0.25, -0.2) is 4.98 Å². The van der Waals surface area contributed by atoms with E-state index in [9.17, 15) is 5.11 Å². The maximum absolute atomic E-state index is 9.69. The lowest BCUT2D eigenvalue weighted by Gasteiger charge is -2.01. The SMILES string of the molecule is Cc1c(O)cccc1-c1nc(-c2nccn2C)no1. The Hall–Kier alpha value is -2.63. The Morgan fingerprint density at radius 3 is 2.89 bits per heavy atom. The summed E-state index contributed by atoms with van der Waals surface area (Å²) >= 11 is 0. The molecule has 1 aromatic carbocycles. The van der Waals surface area contributed by atoms with Crippen LogP contribution in [0.2, 0.25) is 0 Å². The van der Waals surface area contributed by atoms with Crippen LogP contribution in [0.15, 0.2) is 35.1 Å². The minimum absolute atomic E-state index is 0.203. The highest BCUT2D eigenvalue weighted by Gasteiger charge is 2.16. The normalized spacial score (nSPS) is 10.8. The second kappa shape index (κ2) is 4.24. The summed E-state index contributed by atoms with van der Waals surface area (Å²) in [7, 11) is 1.86. The van der Waals surface area contributed by atoms with E-state index in [0.717, 1.165) is 0 Å². The number of benzene rings is 1. The highest BCUT2D eigenvalue weighted by Crippen LogP contribution is 2.28. The molecule has 3 rings (SSSR count). The average Bonchev–Trinajstić information content (AvgIpc) is 3.01. The van der Waals surface area contributed by atoms with Crippen molar-refractivity contribution < 1.29 is 9.63 Å². The van der Waals surface area contributed by atoms with Crippen molar-refractivity contribution in [2.24, 2.45) is 7.05 Å². The van der Waals surface area contributed by atoms with Gasteiger partial charge in [-0.15, -0.1) is 0 Å². The molecular formula is C13H12N4O2. The molecule has 6 heteroatoms. The highest BCUT2D eigenvalue weighted by atomic mass is 16.5. The van der Waals surface area contributed by atoms with Crippen molar-refractivity contribution >= 4 is 0 Å². The maximum Gasteiger partial charge on any atom is 0.258 e. The third-order valence-electron chi connectivity index (χ3n) is 2.98. The molecule has 96 valence electrons. The molecule has 2 aromatic heterocycles. The number of aromatic nitrogens is 4. The largest absolute Gasteiger partial charge is 0.508 e. The van der Waals surface area contributed by atoms with Gasteiger partial charge in [-0.2, -0.15) is 4.98 Å². The molecule has 0 aliphatic heterocycles. The maximum atomic E-state index is 9.69. The van der Waals surface area contributed by atoms with Gasteiger partial charge in [0.15, 0.2) is 5.82 Å². The molecule has 0 saturated carbocycles. The molecular weight excluding hydrogens is 244 g/mol. The van der Waals surface area contributed by atoms with Crippen LogP contribution in [0.3, 0.4) is 0 Å². The van der Waals surface area contributed by atoms with Gasteiger partial charge in [0.05, 0.1) is 0 Å². The summed E-state index contributed by atoms with van der Waals surface area (Å²) < 4.78 is 7.05. The third-order valence-corrected chi connectivity index (χ3v) is 2.98. The Balaban J connectivity index is 2.07. The van der Waals surface area contributed by atoms with E-state index in [1.807, 2.05) is 23.9 Å². The standard InChI is InChI=1S/C13H12N4O2/c1-8-9(4-3-5-10(8)18)13-15-11(16-19-13)12-14-6-7-17(12)2/h3-7,18H,1-2H3. The van der Waals surface area contributed by atoms with Crippen molar-refractivity contribution in [1.29, 1.82) is 0 Å². The summed E-state index contributed by atoms with van der Waals surface area (Å²) in [5.41, 5.74) is 1.42. The molecule has 0 saturated heterocycles. The van der Waals surface area contributed by atoms with Crippen LogP contribution in [0.1, 0.15) is 5.56 Å². The molecule has 0 unspecified atom stereocenters. The topological polar surface area (TPSA) is 77.0 Å². The molecule has 0 bridgehead atoms. The monoisotopic (exact) mass is 256 g/mol. The molecule has 3 aromatic rings. The van der Waals surface area contributed by atoms with E-state index in [1.165, 1.54) is 0 Å². The van der Waals surface area contributed by atoms with Gasteiger partial charge in [-0.05, 0) is 19.1 Å². The average molecular weight is 256 g/mol. The van der Waals surface area contributed by atoms with Crippen molar-refractivity contribution in [3.8, 4) is 28.9 Å². The van der Waals surface area contributed by atoms with E-state index in [1.54, 1.807) is 25.3 Å². The zero-order chi connectivity index (χ0) is 13.4. The first kappa shape index (κ1) is 11.5. The minimum Gasteiger partial charge on any atom is -0.508 e. The van der Waals surface area contributed by atoms with Crippen molar-refractivity contribution in [3.63, 3.8) is 0 Å². The summed E-state index contributed by atoms with van der Waals surface area (Å²) in [6, 6.07) is 5.18. The van der Waals surface area contributed by atoms with Crippen LogP contribution in [0.5, 0.6) is 5.75 Å². The molecule has 2 heterocycles. The smallest absolute Gasteiger partial charge is 0.258 e. The Morgan fingerprint density at radius 1 is 1.32 bits per heavy atom. The second-order valence-electron chi connectivity index (χ2n) is 4.23. The van der Waals surface area contributed by atoms with Gasteiger partial charge < -0.3 is 14.2 Å². The molecule has 0 radical (unpaired) electrons. The number of phenols is 1. The minimum atomic E-state index is 0.203. The molecule has 0 amide bonds. The van der Waals surface area contributed by atoms with Crippen molar-refractivity contribution in [2.75, 3.05) is 0 Å². The zero-order valence-corrected chi connectivity index (χ0v) is 10.5. The first-order valence-electron chi connectivity index (χ1n) is 5.77. The van der Waals surface area contributed by atoms with Crippen LogP contribution in [-0.4, -0.2) is 24.8 Å². The van der Waals surface area contributed by atoms with Gasteiger partial charge in [0.1, 0.15) is 5.75 Å². The van der Waals surface area contributed by atoms with Crippen LogP contribution in [0, 0.1) is 6.92 Å². The first-order chi connectivity index (χ1) is 9.16. The first-order valence-corrected chi connectivity index (χ1v) is 5.77. The Kier molecular flexibility index (Phi) is 2.56. The van der Waals surface area contributed by atoms with E-state index in [-0.39, 0.29) is 5.75 Å².